The molecule has 0 bridgehead atoms. The van der Waals surface area contributed by atoms with Crippen LogP contribution >= 0.6 is 11.6 Å². The molecule has 0 fully saturated rings. The monoisotopic (exact) mass is 264 g/mol. The van der Waals surface area contributed by atoms with Crippen molar-refractivity contribution in [1.82, 2.24) is 14.9 Å². The molecule has 0 saturated carbocycles. The molecule has 0 spiro atoms. The van der Waals surface area contributed by atoms with Crippen molar-refractivity contribution in [1.29, 1.82) is 0 Å². The first-order valence-corrected chi connectivity index (χ1v) is 5.76. The van der Waals surface area contributed by atoms with Crippen LogP contribution in [-0.4, -0.2) is 15.5 Å². The fourth-order valence-corrected chi connectivity index (χ4v) is 1.76. The molecule has 94 valence electrons. The Balaban J connectivity index is 2.09. The maximum Gasteiger partial charge on any atom is 0.253 e. The van der Waals surface area contributed by atoms with Crippen molar-refractivity contribution in [3.8, 4) is 0 Å². The number of aryl methyl sites for hydroxylation is 1. The lowest BCUT2D eigenvalue weighted by Crippen LogP contribution is -2.24. The number of amides is 1. The zero-order chi connectivity index (χ0) is 13.1. The van der Waals surface area contributed by atoms with Crippen LogP contribution in [0.3, 0.4) is 0 Å². The van der Waals surface area contributed by atoms with Crippen LogP contribution in [0.15, 0.2) is 30.6 Å². The second-order valence-electron chi connectivity index (χ2n) is 3.85. The van der Waals surface area contributed by atoms with Crippen molar-refractivity contribution in [2.75, 3.05) is 5.73 Å². The number of benzene rings is 1. The van der Waals surface area contributed by atoms with Crippen LogP contribution in [0.1, 0.15) is 16.2 Å². The summed E-state index contributed by atoms with van der Waals surface area (Å²) < 4.78 is 1.83. The summed E-state index contributed by atoms with van der Waals surface area (Å²) in [5.41, 5.74) is 6.40. The lowest BCUT2D eigenvalue weighted by atomic mass is 10.2. The standard InChI is InChI=1S/C12H13ClN4O/c1-17-6-5-15-10(17)7-16-12(18)8-3-2-4-9(14)11(8)13/h2-6H,7,14H2,1H3,(H,16,18). The van der Waals surface area contributed by atoms with E-state index in [9.17, 15) is 4.79 Å². The van der Waals surface area contributed by atoms with Gasteiger partial charge in [0, 0.05) is 19.4 Å². The molecule has 6 heteroatoms. The molecule has 18 heavy (non-hydrogen) atoms. The van der Waals surface area contributed by atoms with E-state index in [4.69, 9.17) is 17.3 Å². The first kappa shape index (κ1) is 12.4. The highest BCUT2D eigenvalue weighted by Gasteiger charge is 2.12. The van der Waals surface area contributed by atoms with Gasteiger partial charge in [0.05, 0.1) is 22.8 Å². The van der Waals surface area contributed by atoms with Gasteiger partial charge >= 0.3 is 0 Å². The summed E-state index contributed by atoms with van der Waals surface area (Å²) >= 11 is 5.97. The van der Waals surface area contributed by atoms with Crippen molar-refractivity contribution in [3.63, 3.8) is 0 Å². The Kier molecular flexibility index (Phi) is 3.53. The predicted molar refractivity (Wildman–Crippen MR) is 70.2 cm³/mol. The first-order chi connectivity index (χ1) is 8.59. The molecule has 1 aromatic heterocycles. The summed E-state index contributed by atoms with van der Waals surface area (Å²) in [5.74, 6) is 0.499. The highest BCUT2D eigenvalue weighted by Crippen LogP contribution is 2.22. The van der Waals surface area contributed by atoms with Crippen molar-refractivity contribution in [2.24, 2.45) is 7.05 Å². The number of carbonyl (C=O) groups is 1. The van der Waals surface area contributed by atoms with Crippen LogP contribution in [0.25, 0.3) is 0 Å². The van der Waals surface area contributed by atoms with Gasteiger partial charge in [-0.1, -0.05) is 17.7 Å². The number of nitrogens with two attached hydrogens (primary N) is 1. The number of nitrogens with one attached hydrogen (secondary N) is 1. The molecule has 0 unspecified atom stereocenters. The van der Waals surface area contributed by atoms with E-state index < -0.39 is 0 Å². The van der Waals surface area contributed by atoms with E-state index >= 15 is 0 Å². The van der Waals surface area contributed by atoms with E-state index in [2.05, 4.69) is 10.3 Å². The number of anilines is 1. The average molecular weight is 265 g/mol. The molecular weight excluding hydrogens is 252 g/mol. The van der Waals surface area contributed by atoms with Crippen LogP contribution in [-0.2, 0) is 13.6 Å². The molecule has 0 radical (unpaired) electrons. The molecule has 2 aromatic rings. The fraction of sp³-hybridized carbons (Fsp3) is 0.167. The Bertz CT molecular complexity index is 579. The third-order valence-electron chi connectivity index (χ3n) is 2.60. The Morgan fingerprint density at radius 2 is 2.33 bits per heavy atom. The Labute approximate surface area is 110 Å². The van der Waals surface area contributed by atoms with E-state index in [-0.39, 0.29) is 10.9 Å². The SMILES string of the molecule is Cn1ccnc1CNC(=O)c1cccc(N)c1Cl. The van der Waals surface area contributed by atoms with Crippen LogP contribution in [0, 0.1) is 0 Å². The number of hydrogen-bond acceptors (Lipinski definition) is 3. The minimum absolute atomic E-state index is 0.268. The topological polar surface area (TPSA) is 72.9 Å². The minimum Gasteiger partial charge on any atom is -0.398 e. The molecule has 0 aliphatic heterocycles. The van der Waals surface area contributed by atoms with Crippen LogP contribution in [0.5, 0.6) is 0 Å². The third kappa shape index (κ3) is 2.46. The summed E-state index contributed by atoms with van der Waals surface area (Å²) in [6, 6.07) is 4.97. The van der Waals surface area contributed by atoms with Gasteiger partial charge in [0.15, 0.2) is 0 Å². The number of halogens is 1. The molecule has 0 saturated heterocycles. The number of nitrogens with zero attached hydrogens (tertiary/aromatic N) is 2. The number of imidazole rings is 1. The summed E-state index contributed by atoms with van der Waals surface area (Å²) in [5, 5.41) is 3.02. The van der Waals surface area contributed by atoms with Crippen molar-refractivity contribution in [3.05, 3.63) is 47.0 Å². The Morgan fingerprint density at radius 1 is 1.56 bits per heavy atom. The van der Waals surface area contributed by atoms with Gasteiger partial charge in [-0.25, -0.2) is 4.98 Å². The smallest absolute Gasteiger partial charge is 0.253 e. The number of rotatable bonds is 3. The van der Waals surface area contributed by atoms with Crippen molar-refractivity contribution in [2.45, 2.75) is 6.54 Å². The van der Waals surface area contributed by atoms with Gasteiger partial charge in [0.25, 0.3) is 5.91 Å². The molecule has 2 rings (SSSR count). The van der Waals surface area contributed by atoms with Gasteiger partial charge in [-0.3, -0.25) is 4.79 Å². The highest BCUT2D eigenvalue weighted by molar-refractivity contribution is 6.36. The Hall–Kier alpha value is -2.01. The van der Waals surface area contributed by atoms with E-state index in [0.717, 1.165) is 5.82 Å². The summed E-state index contributed by atoms with van der Waals surface area (Å²) in [6.07, 6.45) is 3.49. The lowest BCUT2D eigenvalue weighted by molar-refractivity contribution is 0.0950. The van der Waals surface area contributed by atoms with E-state index in [0.29, 0.717) is 17.8 Å². The quantitative estimate of drug-likeness (QED) is 0.827. The van der Waals surface area contributed by atoms with Gasteiger partial charge in [-0.2, -0.15) is 0 Å². The fourth-order valence-electron chi connectivity index (χ4n) is 1.55. The molecular formula is C12H13ClN4O. The van der Waals surface area contributed by atoms with Gasteiger partial charge in [0.1, 0.15) is 5.82 Å². The first-order valence-electron chi connectivity index (χ1n) is 5.38. The largest absolute Gasteiger partial charge is 0.398 e. The summed E-state index contributed by atoms with van der Waals surface area (Å²) in [7, 11) is 1.86. The van der Waals surface area contributed by atoms with Gasteiger partial charge in [0.2, 0.25) is 0 Å². The zero-order valence-corrected chi connectivity index (χ0v) is 10.6. The number of aromatic nitrogens is 2. The highest BCUT2D eigenvalue weighted by atomic mass is 35.5. The molecule has 1 amide bonds. The molecule has 3 N–H and O–H groups in total. The number of nitrogen functional groups attached to an aromatic ring is 1. The van der Waals surface area contributed by atoms with Gasteiger partial charge < -0.3 is 15.6 Å². The lowest BCUT2D eigenvalue weighted by Gasteiger charge is -2.08. The second kappa shape index (κ2) is 5.10. The molecule has 1 aromatic carbocycles. The second-order valence-corrected chi connectivity index (χ2v) is 4.22. The van der Waals surface area contributed by atoms with Crippen molar-refractivity contribution < 1.29 is 4.79 Å². The third-order valence-corrected chi connectivity index (χ3v) is 3.02. The average Bonchev–Trinajstić information content (AvgIpc) is 2.75. The Morgan fingerprint density at radius 3 is 3.00 bits per heavy atom. The van der Waals surface area contributed by atoms with Gasteiger partial charge in [-0.05, 0) is 12.1 Å². The number of carbonyl (C=O) groups excluding carboxylic acids is 1. The van der Waals surface area contributed by atoms with Crippen molar-refractivity contribution >= 4 is 23.2 Å². The summed E-state index contributed by atoms with van der Waals surface area (Å²) in [6.45, 7) is 0.341. The molecule has 0 atom stereocenters. The summed E-state index contributed by atoms with van der Waals surface area (Å²) in [4.78, 5) is 16.0. The maximum atomic E-state index is 11.9. The van der Waals surface area contributed by atoms with Crippen LogP contribution in [0.2, 0.25) is 5.02 Å². The maximum absolute atomic E-state index is 11.9. The van der Waals surface area contributed by atoms with Crippen LogP contribution < -0.4 is 11.1 Å². The van der Waals surface area contributed by atoms with Gasteiger partial charge in [-0.15, -0.1) is 0 Å². The minimum atomic E-state index is -0.268. The molecule has 0 aliphatic carbocycles. The van der Waals surface area contributed by atoms with E-state index in [1.807, 2.05) is 17.8 Å². The predicted octanol–water partition coefficient (Wildman–Crippen LogP) is 1.59. The normalized spacial score (nSPS) is 10.3. The molecule has 1 heterocycles. The number of hydrogen-bond donors (Lipinski definition) is 2. The molecule has 5 nitrogen and oxygen atoms in total. The van der Waals surface area contributed by atoms with E-state index in [1.165, 1.54) is 0 Å². The van der Waals surface area contributed by atoms with Crippen LogP contribution in [0.4, 0.5) is 5.69 Å². The van der Waals surface area contributed by atoms with E-state index in [1.54, 1.807) is 24.4 Å². The zero-order valence-electron chi connectivity index (χ0n) is 9.85. The molecule has 0 aliphatic rings.